The Morgan fingerprint density at radius 2 is 2.05 bits per heavy atom. The third kappa shape index (κ3) is 3.36. The van der Waals surface area contributed by atoms with Gasteiger partial charge in [-0.2, -0.15) is 11.8 Å². The fourth-order valence-corrected chi connectivity index (χ4v) is 4.27. The standard InChI is InChI=1S/C15H15ClIN3S/c1-20-7-8-21-9-11(20)15-18-13(12(17)14(16)19-15)10-5-3-2-4-6-10/h2-6,11H,7-9H2,1H3. The average molecular weight is 432 g/mol. The van der Waals surface area contributed by atoms with Gasteiger partial charge in [0.2, 0.25) is 0 Å². The lowest BCUT2D eigenvalue weighted by Gasteiger charge is -2.31. The summed E-state index contributed by atoms with van der Waals surface area (Å²) in [7, 11) is 2.13. The number of benzene rings is 1. The summed E-state index contributed by atoms with van der Waals surface area (Å²) < 4.78 is 0.912. The SMILES string of the molecule is CN1CCSCC1c1nc(Cl)c(I)c(-c2ccccc2)n1. The Morgan fingerprint density at radius 1 is 1.29 bits per heavy atom. The minimum Gasteiger partial charge on any atom is -0.295 e. The van der Waals surface area contributed by atoms with E-state index >= 15 is 0 Å². The second kappa shape index (κ2) is 6.81. The van der Waals surface area contributed by atoms with Crippen molar-refractivity contribution in [2.75, 3.05) is 25.1 Å². The zero-order chi connectivity index (χ0) is 14.8. The van der Waals surface area contributed by atoms with E-state index in [1.54, 1.807) is 0 Å². The third-order valence-corrected chi connectivity index (χ3v) is 6.21. The van der Waals surface area contributed by atoms with E-state index in [9.17, 15) is 0 Å². The maximum atomic E-state index is 6.35. The van der Waals surface area contributed by atoms with Crippen molar-refractivity contribution in [3.8, 4) is 11.3 Å². The quantitative estimate of drug-likeness (QED) is 0.528. The first-order valence-corrected chi connectivity index (χ1v) is 9.34. The van der Waals surface area contributed by atoms with E-state index in [1.165, 1.54) is 0 Å². The summed E-state index contributed by atoms with van der Waals surface area (Å²) in [5, 5.41) is 0.545. The van der Waals surface area contributed by atoms with E-state index < -0.39 is 0 Å². The summed E-state index contributed by atoms with van der Waals surface area (Å²) in [4.78, 5) is 11.7. The predicted molar refractivity (Wildman–Crippen MR) is 97.9 cm³/mol. The molecule has 110 valence electrons. The fourth-order valence-electron chi connectivity index (χ4n) is 2.33. The van der Waals surface area contributed by atoms with Gasteiger partial charge < -0.3 is 0 Å². The summed E-state index contributed by atoms with van der Waals surface area (Å²) in [6.45, 7) is 1.06. The molecule has 0 amide bonds. The molecule has 2 heterocycles. The molecule has 0 bridgehead atoms. The van der Waals surface area contributed by atoms with Crippen molar-refractivity contribution in [3.05, 3.63) is 44.9 Å². The summed E-state index contributed by atoms with van der Waals surface area (Å²) in [6.07, 6.45) is 0. The molecule has 1 fully saturated rings. The van der Waals surface area contributed by atoms with E-state index in [1.807, 2.05) is 30.0 Å². The molecule has 2 aromatic rings. The highest BCUT2D eigenvalue weighted by molar-refractivity contribution is 14.1. The van der Waals surface area contributed by atoms with Gasteiger partial charge in [0.1, 0.15) is 11.0 Å². The Labute approximate surface area is 147 Å². The number of thioether (sulfide) groups is 1. The second-order valence-electron chi connectivity index (χ2n) is 4.97. The Kier molecular flexibility index (Phi) is 5.03. The summed E-state index contributed by atoms with van der Waals surface area (Å²) in [6, 6.07) is 10.4. The summed E-state index contributed by atoms with van der Waals surface area (Å²) in [5.74, 6) is 3.01. The van der Waals surface area contributed by atoms with Gasteiger partial charge in [-0.25, -0.2) is 9.97 Å². The van der Waals surface area contributed by atoms with Crippen molar-refractivity contribution in [3.63, 3.8) is 0 Å². The molecule has 6 heteroatoms. The highest BCUT2D eigenvalue weighted by Crippen LogP contribution is 2.32. The van der Waals surface area contributed by atoms with Crippen LogP contribution in [0.25, 0.3) is 11.3 Å². The molecule has 1 aromatic carbocycles. The minimum absolute atomic E-state index is 0.237. The normalized spacial score (nSPS) is 19.7. The predicted octanol–water partition coefficient (Wildman–Crippen LogP) is 4.12. The lowest BCUT2D eigenvalue weighted by atomic mass is 10.1. The highest BCUT2D eigenvalue weighted by atomic mass is 127. The molecule has 1 atom stereocenters. The van der Waals surface area contributed by atoms with Crippen molar-refractivity contribution in [2.45, 2.75) is 6.04 Å². The van der Waals surface area contributed by atoms with Crippen molar-refractivity contribution in [1.29, 1.82) is 0 Å². The number of halogens is 2. The van der Waals surface area contributed by atoms with Gasteiger partial charge in [-0.3, -0.25) is 4.90 Å². The first-order valence-electron chi connectivity index (χ1n) is 6.73. The van der Waals surface area contributed by atoms with Crippen LogP contribution in [0.2, 0.25) is 5.15 Å². The molecular formula is C15H15ClIN3S. The maximum Gasteiger partial charge on any atom is 0.148 e. The van der Waals surface area contributed by atoms with Crippen molar-refractivity contribution in [1.82, 2.24) is 14.9 Å². The van der Waals surface area contributed by atoms with Crippen LogP contribution in [0, 0.1) is 3.57 Å². The van der Waals surface area contributed by atoms with Gasteiger partial charge in [0.05, 0.1) is 15.3 Å². The molecule has 21 heavy (non-hydrogen) atoms. The largest absolute Gasteiger partial charge is 0.295 e. The van der Waals surface area contributed by atoms with E-state index in [0.717, 1.165) is 38.7 Å². The topological polar surface area (TPSA) is 29.0 Å². The average Bonchev–Trinajstić information content (AvgIpc) is 2.51. The van der Waals surface area contributed by atoms with Crippen molar-refractivity contribution >= 4 is 46.0 Å². The van der Waals surface area contributed by atoms with Crippen LogP contribution in [0.15, 0.2) is 30.3 Å². The second-order valence-corrected chi connectivity index (χ2v) is 7.56. The molecule has 0 saturated carbocycles. The van der Waals surface area contributed by atoms with E-state index in [0.29, 0.717) is 5.15 Å². The van der Waals surface area contributed by atoms with Gasteiger partial charge in [-0.15, -0.1) is 0 Å². The smallest absolute Gasteiger partial charge is 0.148 e. The first kappa shape index (κ1) is 15.5. The number of nitrogens with zero attached hydrogens (tertiary/aromatic N) is 3. The Bertz CT molecular complexity index is 638. The first-order chi connectivity index (χ1) is 10.2. The van der Waals surface area contributed by atoms with Crippen LogP contribution < -0.4 is 0 Å². The summed E-state index contributed by atoms with van der Waals surface area (Å²) in [5.41, 5.74) is 2.01. The molecule has 0 spiro atoms. The molecule has 3 rings (SSSR count). The van der Waals surface area contributed by atoms with Crippen LogP contribution in [-0.4, -0.2) is 40.0 Å². The van der Waals surface area contributed by atoms with Gasteiger partial charge in [-0.05, 0) is 29.6 Å². The maximum absolute atomic E-state index is 6.35. The van der Waals surface area contributed by atoms with E-state index in [2.05, 4.69) is 51.7 Å². The monoisotopic (exact) mass is 431 g/mol. The van der Waals surface area contributed by atoms with E-state index in [4.69, 9.17) is 16.6 Å². The fraction of sp³-hybridized carbons (Fsp3) is 0.333. The minimum atomic E-state index is 0.237. The van der Waals surface area contributed by atoms with Gasteiger partial charge in [0.15, 0.2) is 0 Å². The highest BCUT2D eigenvalue weighted by Gasteiger charge is 2.25. The van der Waals surface area contributed by atoms with Gasteiger partial charge in [0, 0.05) is 23.6 Å². The number of aromatic nitrogens is 2. The van der Waals surface area contributed by atoms with Crippen LogP contribution in [-0.2, 0) is 0 Å². The lowest BCUT2D eigenvalue weighted by molar-refractivity contribution is 0.264. The van der Waals surface area contributed by atoms with Crippen molar-refractivity contribution < 1.29 is 0 Å². The van der Waals surface area contributed by atoms with Crippen LogP contribution in [0.5, 0.6) is 0 Å². The molecule has 0 N–H and O–H groups in total. The zero-order valence-electron chi connectivity index (χ0n) is 11.6. The van der Waals surface area contributed by atoms with Gasteiger partial charge >= 0.3 is 0 Å². The van der Waals surface area contributed by atoms with Crippen LogP contribution in [0.1, 0.15) is 11.9 Å². The lowest BCUT2D eigenvalue weighted by Crippen LogP contribution is -2.34. The molecule has 1 aliphatic heterocycles. The molecule has 1 aromatic heterocycles. The summed E-state index contributed by atoms with van der Waals surface area (Å²) >= 11 is 10.5. The molecular weight excluding hydrogens is 417 g/mol. The molecule has 1 saturated heterocycles. The number of rotatable bonds is 2. The third-order valence-electron chi connectivity index (χ3n) is 3.57. The number of hydrogen-bond donors (Lipinski definition) is 0. The zero-order valence-corrected chi connectivity index (χ0v) is 15.3. The molecule has 1 aliphatic rings. The van der Waals surface area contributed by atoms with Gasteiger partial charge in [0.25, 0.3) is 0 Å². The molecule has 0 radical (unpaired) electrons. The molecule has 3 nitrogen and oxygen atoms in total. The van der Waals surface area contributed by atoms with Gasteiger partial charge in [-0.1, -0.05) is 41.9 Å². The van der Waals surface area contributed by atoms with Crippen LogP contribution in [0.4, 0.5) is 0 Å². The Morgan fingerprint density at radius 3 is 2.76 bits per heavy atom. The number of hydrogen-bond acceptors (Lipinski definition) is 4. The van der Waals surface area contributed by atoms with E-state index in [-0.39, 0.29) is 6.04 Å². The molecule has 0 aliphatic carbocycles. The van der Waals surface area contributed by atoms with Crippen LogP contribution >= 0.6 is 46.0 Å². The molecule has 1 unspecified atom stereocenters. The Balaban J connectivity index is 2.05. The van der Waals surface area contributed by atoms with Crippen molar-refractivity contribution in [2.24, 2.45) is 0 Å². The Hall–Kier alpha value is -0.370. The van der Waals surface area contributed by atoms with Crippen LogP contribution in [0.3, 0.4) is 0 Å².